The number of fused-ring (bicyclic) bond motifs is 2. The van der Waals surface area contributed by atoms with Crippen LogP contribution in [0.15, 0.2) is 54.0 Å². The van der Waals surface area contributed by atoms with E-state index in [-0.39, 0.29) is 17.7 Å². The largest absolute Gasteiger partial charge is 0.352 e. The molecule has 30 heavy (non-hydrogen) atoms. The minimum Gasteiger partial charge on any atom is -0.328 e. The van der Waals surface area contributed by atoms with Gasteiger partial charge >= 0.3 is 5.97 Å². The molecule has 148 valence electrons. The van der Waals surface area contributed by atoms with Crippen molar-refractivity contribution in [2.75, 3.05) is 0 Å². The summed E-state index contributed by atoms with van der Waals surface area (Å²) >= 11 is 1.42. The molecule has 0 saturated heterocycles. The van der Waals surface area contributed by atoms with E-state index in [0.29, 0.717) is 16.4 Å². The smallest absolute Gasteiger partial charge is 0.328 e. The predicted octanol–water partition coefficient (Wildman–Crippen LogP) is 3.22. The summed E-state index contributed by atoms with van der Waals surface area (Å²) in [6.45, 7) is 1.65. The Morgan fingerprint density at radius 3 is 2.37 bits per heavy atom. The Kier molecular flexibility index (Phi) is 4.18. The normalized spacial score (nSPS) is 13.2. The molecule has 0 radical (unpaired) electrons. The number of amides is 2. The number of carbonyl (C=O) groups excluding carboxylic acids is 3. The molecule has 8 nitrogen and oxygen atoms in total. The summed E-state index contributed by atoms with van der Waals surface area (Å²) in [5.41, 5.74) is 4.39. The molecular weight excluding hydrogens is 404 g/mol. The molecule has 1 aliphatic heterocycles. The molecule has 0 saturated carbocycles. The van der Waals surface area contributed by atoms with Gasteiger partial charge in [0.1, 0.15) is 6.54 Å². The second-order valence-corrected chi connectivity index (χ2v) is 7.55. The third-order valence-corrected chi connectivity index (χ3v) is 5.76. The molecule has 1 aliphatic rings. The summed E-state index contributed by atoms with van der Waals surface area (Å²) in [7, 11) is 0. The van der Waals surface area contributed by atoms with Crippen molar-refractivity contribution in [3.05, 3.63) is 70.9 Å². The Balaban J connectivity index is 1.47. The second kappa shape index (κ2) is 6.89. The number of thiazole rings is 1. The van der Waals surface area contributed by atoms with Crippen LogP contribution in [0.1, 0.15) is 26.4 Å². The number of hydrogen-bond acceptors (Lipinski definition) is 7. The number of aromatic nitrogens is 3. The molecule has 0 unspecified atom stereocenters. The standard InChI is InChI=1S/C21H14N4O4S/c1-12-18(30-11-22-12)19-23-15-8-4-5-9-16(15)24(19)10-17(26)29-25-20(27)13-6-2-3-7-14(13)21(25)28/h2-9,11H,10H2,1H3. The van der Waals surface area contributed by atoms with E-state index in [4.69, 9.17) is 4.84 Å². The van der Waals surface area contributed by atoms with Gasteiger partial charge in [0.15, 0.2) is 5.82 Å². The number of hydrogen-bond donors (Lipinski definition) is 0. The van der Waals surface area contributed by atoms with Crippen LogP contribution in [0.4, 0.5) is 0 Å². The molecule has 0 bridgehead atoms. The average Bonchev–Trinajstić information content (AvgIpc) is 3.40. The first-order valence-corrected chi connectivity index (χ1v) is 9.97. The van der Waals surface area contributed by atoms with Crippen molar-refractivity contribution in [1.29, 1.82) is 0 Å². The number of aryl methyl sites for hydroxylation is 1. The lowest BCUT2D eigenvalue weighted by Crippen LogP contribution is -2.34. The van der Waals surface area contributed by atoms with Crippen LogP contribution in [0.2, 0.25) is 0 Å². The summed E-state index contributed by atoms with van der Waals surface area (Å²) in [5, 5.41) is 0.518. The fourth-order valence-electron chi connectivity index (χ4n) is 3.44. The van der Waals surface area contributed by atoms with Gasteiger partial charge in [-0.1, -0.05) is 29.3 Å². The van der Waals surface area contributed by atoms with Crippen LogP contribution >= 0.6 is 11.3 Å². The van der Waals surface area contributed by atoms with Crippen LogP contribution < -0.4 is 0 Å². The monoisotopic (exact) mass is 418 g/mol. The van der Waals surface area contributed by atoms with Crippen molar-refractivity contribution in [3.8, 4) is 10.7 Å². The maximum atomic E-state index is 12.7. The maximum absolute atomic E-state index is 12.7. The zero-order valence-electron chi connectivity index (χ0n) is 15.7. The van der Waals surface area contributed by atoms with E-state index in [1.165, 1.54) is 23.5 Å². The zero-order chi connectivity index (χ0) is 20.8. The fourth-order valence-corrected chi connectivity index (χ4v) is 4.24. The molecule has 4 aromatic rings. The van der Waals surface area contributed by atoms with Crippen molar-refractivity contribution < 1.29 is 19.2 Å². The molecule has 2 amide bonds. The fraction of sp³-hybridized carbons (Fsp3) is 0.0952. The van der Waals surface area contributed by atoms with Gasteiger partial charge in [-0.25, -0.2) is 14.8 Å². The molecule has 0 fully saturated rings. The van der Waals surface area contributed by atoms with Gasteiger partial charge in [0.2, 0.25) is 0 Å². The third kappa shape index (κ3) is 2.79. The van der Waals surface area contributed by atoms with Gasteiger partial charge in [-0.3, -0.25) is 9.59 Å². The number of rotatable bonds is 4. The van der Waals surface area contributed by atoms with Gasteiger partial charge in [0.25, 0.3) is 11.8 Å². The number of para-hydroxylation sites is 2. The van der Waals surface area contributed by atoms with Crippen LogP contribution in [0.5, 0.6) is 0 Å². The Labute approximate surface area is 174 Å². The number of benzene rings is 2. The lowest BCUT2D eigenvalue weighted by atomic mass is 10.1. The quantitative estimate of drug-likeness (QED) is 0.472. The minimum absolute atomic E-state index is 0.212. The molecule has 0 spiro atoms. The first-order valence-electron chi connectivity index (χ1n) is 9.09. The third-order valence-electron chi connectivity index (χ3n) is 4.84. The number of nitrogens with zero attached hydrogens (tertiary/aromatic N) is 4. The number of imide groups is 1. The van der Waals surface area contributed by atoms with Gasteiger partial charge < -0.3 is 9.40 Å². The van der Waals surface area contributed by atoms with Gasteiger partial charge in [-0.2, -0.15) is 0 Å². The minimum atomic E-state index is -0.754. The SMILES string of the molecule is Cc1ncsc1-c1nc2ccccc2n1CC(=O)ON1C(=O)c2ccccc2C1=O. The topological polar surface area (TPSA) is 94.4 Å². The van der Waals surface area contributed by atoms with Gasteiger partial charge in [-0.15, -0.1) is 11.3 Å². The van der Waals surface area contributed by atoms with Crippen molar-refractivity contribution in [2.45, 2.75) is 13.5 Å². The van der Waals surface area contributed by atoms with E-state index in [9.17, 15) is 14.4 Å². The van der Waals surface area contributed by atoms with Crippen molar-refractivity contribution >= 4 is 40.2 Å². The molecule has 0 N–H and O–H groups in total. The highest BCUT2D eigenvalue weighted by atomic mass is 32.1. The molecule has 0 aliphatic carbocycles. The van der Waals surface area contributed by atoms with Crippen LogP contribution in [-0.2, 0) is 16.2 Å². The molecular formula is C21H14N4O4S. The molecule has 5 rings (SSSR count). The lowest BCUT2D eigenvalue weighted by Gasteiger charge is -2.14. The Morgan fingerprint density at radius 1 is 1.03 bits per heavy atom. The Bertz CT molecular complexity index is 1300. The van der Waals surface area contributed by atoms with E-state index in [1.54, 1.807) is 22.2 Å². The highest BCUT2D eigenvalue weighted by molar-refractivity contribution is 7.13. The van der Waals surface area contributed by atoms with Crippen molar-refractivity contribution in [3.63, 3.8) is 0 Å². The van der Waals surface area contributed by atoms with Gasteiger partial charge in [0.05, 0.1) is 38.2 Å². The van der Waals surface area contributed by atoms with E-state index < -0.39 is 17.8 Å². The second-order valence-electron chi connectivity index (χ2n) is 6.69. The first-order chi connectivity index (χ1) is 14.5. The van der Waals surface area contributed by atoms with Crippen LogP contribution in [-0.4, -0.2) is 37.4 Å². The summed E-state index contributed by atoms with van der Waals surface area (Å²) in [6.07, 6.45) is 0. The maximum Gasteiger partial charge on any atom is 0.352 e. The Morgan fingerprint density at radius 2 is 1.70 bits per heavy atom. The molecule has 2 aromatic heterocycles. The number of hydroxylamine groups is 2. The van der Waals surface area contributed by atoms with Crippen LogP contribution in [0, 0.1) is 6.92 Å². The summed E-state index contributed by atoms with van der Waals surface area (Å²) in [4.78, 5) is 52.6. The molecule has 2 aromatic carbocycles. The van der Waals surface area contributed by atoms with Crippen LogP contribution in [0.25, 0.3) is 21.7 Å². The van der Waals surface area contributed by atoms with E-state index in [2.05, 4.69) is 9.97 Å². The predicted molar refractivity (Wildman–Crippen MR) is 109 cm³/mol. The van der Waals surface area contributed by atoms with E-state index in [0.717, 1.165) is 16.1 Å². The zero-order valence-corrected chi connectivity index (χ0v) is 16.5. The first kappa shape index (κ1) is 18.2. The van der Waals surface area contributed by atoms with Gasteiger partial charge in [-0.05, 0) is 31.2 Å². The van der Waals surface area contributed by atoms with Gasteiger partial charge in [0, 0.05) is 0 Å². The molecule has 3 heterocycles. The van der Waals surface area contributed by atoms with E-state index >= 15 is 0 Å². The summed E-state index contributed by atoms with van der Waals surface area (Å²) in [5.74, 6) is -1.48. The molecule has 9 heteroatoms. The van der Waals surface area contributed by atoms with Crippen LogP contribution in [0.3, 0.4) is 0 Å². The lowest BCUT2D eigenvalue weighted by molar-refractivity contribution is -0.169. The summed E-state index contributed by atoms with van der Waals surface area (Å²) < 4.78 is 1.70. The van der Waals surface area contributed by atoms with Crippen molar-refractivity contribution in [1.82, 2.24) is 19.6 Å². The number of carbonyl (C=O) groups is 3. The number of imidazole rings is 1. The highest BCUT2D eigenvalue weighted by Gasteiger charge is 2.38. The summed E-state index contributed by atoms with van der Waals surface area (Å²) in [6, 6.07) is 13.8. The van der Waals surface area contributed by atoms with E-state index in [1.807, 2.05) is 31.2 Å². The average molecular weight is 418 g/mol. The molecule has 0 atom stereocenters. The highest BCUT2D eigenvalue weighted by Crippen LogP contribution is 2.30. The van der Waals surface area contributed by atoms with Crippen molar-refractivity contribution in [2.24, 2.45) is 0 Å². The Hall–Kier alpha value is -3.85.